The van der Waals surface area contributed by atoms with Gasteiger partial charge in [-0.05, 0) is 32.0 Å². The molecule has 0 aromatic heterocycles. The van der Waals surface area contributed by atoms with Crippen molar-refractivity contribution in [2.75, 3.05) is 13.1 Å². The number of nitro benzene ring substituents is 1. The summed E-state index contributed by atoms with van der Waals surface area (Å²) in [6.07, 6.45) is 0.950. The van der Waals surface area contributed by atoms with Crippen LogP contribution in [0.2, 0.25) is 0 Å². The van der Waals surface area contributed by atoms with Crippen LogP contribution < -0.4 is 5.73 Å². The maximum absolute atomic E-state index is 12.0. The molecule has 102 valence electrons. The summed E-state index contributed by atoms with van der Waals surface area (Å²) < 4.78 is 0. The van der Waals surface area contributed by atoms with Gasteiger partial charge in [-0.2, -0.15) is 0 Å². The molecule has 7 heteroatoms. The first-order valence-electron chi connectivity index (χ1n) is 5.72. The van der Waals surface area contributed by atoms with E-state index in [1.165, 1.54) is 18.2 Å². The number of aryl methyl sites for hydroxylation is 1. The number of nitrogens with zero attached hydrogens (tertiary/aromatic N) is 2. The Morgan fingerprint density at radius 1 is 1.53 bits per heavy atom. The van der Waals surface area contributed by atoms with Crippen LogP contribution in [0.25, 0.3) is 0 Å². The lowest BCUT2D eigenvalue weighted by molar-refractivity contribution is -0.385. The van der Waals surface area contributed by atoms with Gasteiger partial charge < -0.3 is 5.73 Å². The summed E-state index contributed by atoms with van der Waals surface area (Å²) in [7, 11) is 0. The number of carbonyl (C=O) groups is 2. The van der Waals surface area contributed by atoms with Crippen LogP contribution in [0.5, 0.6) is 0 Å². The number of amides is 2. The zero-order chi connectivity index (χ0) is 14.4. The number of nitro groups is 1. The zero-order valence-electron chi connectivity index (χ0n) is 10.5. The third kappa shape index (κ3) is 3.59. The maximum Gasteiger partial charge on any atom is 0.272 e. The Kier molecular flexibility index (Phi) is 5.13. The second-order valence-corrected chi connectivity index (χ2v) is 4.00. The molecule has 0 radical (unpaired) electrons. The highest BCUT2D eigenvalue weighted by molar-refractivity contribution is 6.00. The number of carbonyl (C=O) groups excluding carboxylic acids is 2. The zero-order valence-corrected chi connectivity index (χ0v) is 10.5. The van der Waals surface area contributed by atoms with Crippen LogP contribution in [0.3, 0.4) is 0 Å². The predicted octanol–water partition coefficient (Wildman–Crippen LogP) is 0.851. The molecule has 2 N–H and O–H groups in total. The normalized spacial score (nSPS) is 10.0. The molecular formula is C12H15N3O4. The summed E-state index contributed by atoms with van der Waals surface area (Å²) in [4.78, 5) is 34.0. The molecule has 7 nitrogen and oxygen atoms in total. The minimum Gasteiger partial charge on any atom is -0.330 e. The third-order valence-electron chi connectivity index (χ3n) is 2.63. The minimum absolute atomic E-state index is 0.0591. The average molecular weight is 265 g/mol. The molecule has 0 aliphatic carbocycles. The molecule has 0 aliphatic heterocycles. The van der Waals surface area contributed by atoms with E-state index in [2.05, 4.69) is 0 Å². The van der Waals surface area contributed by atoms with E-state index in [1.807, 2.05) is 0 Å². The lowest BCUT2D eigenvalue weighted by atomic mass is 10.1. The summed E-state index contributed by atoms with van der Waals surface area (Å²) in [6, 6.07) is 4.00. The van der Waals surface area contributed by atoms with Crippen LogP contribution in [-0.4, -0.2) is 35.2 Å². The molecule has 0 heterocycles. The molecule has 19 heavy (non-hydrogen) atoms. The van der Waals surface area contributed by atoms with Crippen molar-refractivity contribution < 1.29 is 14.5 Å². The lowest BCUT2D eigenvalue weighted by Crippen LogP contribution is -2.31. The van der Waals surface area contributed by atoms with Gasteiger partial charge in [-0.1, -0.05) is 0 Å². The second kappa shape index (κ2) is 6.60. The summed E-state index contributed by atoms with van der Waals surface area (Å²) in [5, 5.41) is 10.7. The fraction of sp³-hybridized carbons (Fsp3) is 0.333. The fourth-order valence-electron chi connectivity index (χ4n) is 1.62. The maximum atomic E-state index is 12.0. The molecule has 0 atom stereocenters. The van der Waals surface area contributed by atoms with E-state index in [9.17, 15) is 19.7 Å². The van der Waals surface area contributed by atoms with E-state index >= 15 is 0 Å². The highest BCUT2D eigenvalue weighted by Gasteiger charge is 2.18. The molecule has 0 fully saturated rings. The van der Waals surface area contributed by atoms with Crippen molar-refractivity contribution in [2.45, 2.75) is 13.3 Å². The predicted molar refractivity (Wildman–Crippen MR) is 68.6 cm³/mol. The van der Waals surface area contributed by atoms with Crippen LogP contribution in [0.1, 0.15) is 22.3 Å². The van der Waals surface area contributed by atoms with E-state index in [0.717, 1.165) is 4.90 Å². The van der Waals surface area contributed by atoms with Crippen molar-refractivity contribution in [3.05, 3.63) is 39.4 Å². The molecule has 0 saturated heterocycles. The number of benzene rings is 1. The Morgan fingerprint density at radius 2 is 2.21 bits per heavy atom. The molecule has 2 amide bonds. The number of rotatable bonds is 6. The van der Waals surface area contributed by atoms with E-state index in [0.29, 0.717) is 24.9 Å². The topological polar surface area (TPSA) is 107 Å². The molecule has 0 unspecified atom stereocenters. The lowest BCUT2D eigenvalue weighted by Gasteiger charge is -2.15. The molecule has 1 aromatic carbocycles. The van der Waals surface area contributed by atoms with E-state index in [1.54, 1.807) is 6.92 Å². The van der Waals surface area contributed by atoms with Crippen LogP contribution >= 0.6 is 0 Å². The van der Waals surface area contributed by atoms with Crippen molar-refractivity contribution in [3.63, 3.8) is 0 Å². The van der Waals surface area contributed by atoms with Gasteiger partial charge in [0.05, 0.1) is 4.92 Å². The Bertz CT molecular complexity index is 502. The van der Waals surface area contributed by atoms with E-state index in [4.69, 9.17) is 5.73 Å². The molecule has 0 saturated carbocycles. The summed E-state index contributed by atoms with van der Waals surface area (Å²) in [6.45, 7) is 2.14. The van der Waals surface area contributed by atoms with Crippen molar-refractivity contribution in [3.8, 4) is 0 Å². The largest absolute Gasteiger partial charge is 0.330 e. The van der Waals surface area contributed by atoms with E-state index < -0.39 is 10.8 Å². The highest BCUT2D eigenvalue weighted by Crippen LogP contribution is 2.19. The van der Waals surface area contributed by atoms with Crippen LogP contribution in [0.4, 0.5) is 5.69 Å². The summed E-state index contributed by atoms with van der Waals surface area (Å²) in [5.74, 6) is -0.485. The third-order valence-corrected chi connectivity index (χ3v) is 2.63. The molecular weight excluding hydrogens is 250 g/mol. The van der Waals surface area contributed by atoms with Gasteiger partial charge in [-0.25, -0.2) is 0 Å². The molecule has 0 aliphatic rings. The van der Waals surface area contributed by atoms with Gasteiger partial charge in [0, 0.05) is 23.7 Å². The van der Waals surface area contributed by atoms with Crippen LogP contribution in [0, 0.1) is 17.0 Å². The summed E-state index contributed by atoms with van der Waals surface area (Å²) in [5.41, 5.74) is 5.88. The van der Waals surface area contributed by atoms with Gasteiger partial charge in [0.15, 0.2) is 0 Å². The number of imide groups is 1. The number of nitrogens with two attached hydrogens (primary N) is 1. The minimum atomic E-state index is -0.518. The number of hydrogen-bond acceptors (Lipinski definition) is 5. The average Bonchev–Trinajstić information content (AvgIpc) is 2.38. The van der Waals surface area contributed by atoms with E-state index in [-0.39, 0.29) is 17.8 Å². The van der Waals surface area contributed by atoms with Gasteiger partial charge in [-0.15, -0.1) is 0 Å². The van der Waals surface area contributed by atoms with Crippen LogP contribution in [0.15, 0.2) is 18.2 Å². The quantitative estimate of drug-likeness (QED) is 0.466. The summed E-state index contributed by atoms with van der Waals surface area (Å²) >= 11 is 0. The standard InChI is InChI=1S/C12H15N3O4/c1-9-7-10(3-4-11(9)15(18)19)12(17)14(8-16)6-2-5-13/h3-4,7-8H,2,5-6,13H2,1H3. The fourth-order valence-corrected chi connectivity index (χ4v) is 1.62. The van der Waals surface area contributed by atoms with Gasteiger partial charge in [0.1, 0.15) is 0 Å². The SMILES string of the molecule is Cc1cc(C(=O)N(C=O)CCCN)ccc1[N+](=O)[O-]. The van der Waals surface area contributed by atoms with Gasteiger partial charge >= 0.3 is 0 Å². The van der Waals surface area contributed by atoms with Gasteiger partial charge in [0.2, 0.25) is 6.41 Å². The molecule has 0 spiro atoms. The number of hydrogen-bond donors (Lipinski definition) is 1. The molecule has 0 bridgehead atoms. The molecule has 1 rings (SSSR count). The van der Waals surface area contributed by atoms with Gasteiger partial charge in [0.25, 0.3) is 11.6 Å². The highest BCUT2D eigenvalue weighted by atomic mass is 16.6. The molecule has 1 aromatic rings. The Morgan fingerprint density at radius 3 is 2.68 bits per heavy atom. The monoisotopic (exact) mass is 265 g/mol. The first kappa shape index (κ1) is 14.8. The van der Waals surface area contributed by atoms with Crippen LogP contribution in [-0.2, 0) is 4.79 Å². The van der Waals surface area contributed by atoms with Crippen molar-refractivity contribution in [1.29, 1.82) is 0 Å². The second-order valence-electron chi connectivity index (χ2n) is 4.00. The first-order valence-corrected chi connectivity index (χ1v) is 5.72. The van der Waals surface area contributed by atoms with Crippen molar-refractivity contribution >= 4 is 18.0 Å². The Labute approximate surface area is 110 Å². The first-order chi connectivity index (χ1) is 9.01. The van der Waals surface area contributed by atoms with Gasteiger partial charge in [-0.3, -0.25) is 24.6 Å². The smallest absolute Gasteiger partial charge is 0.272 e. The van der Waals surface area contributed by atoms with Crippen molar-refractivity contribution in [2.24, 2.45) is 5.73 Å². The Balaban J connectivity index is 2.96. The van der Waals surface area contributed by atoms with Crippen molar-refractivity contribution in [1.82, 2.24) is 4.90 Å². The Hall–Kier alpha value is -2.28.